The van der Waals surface area contributed by atoms with E-state index >= 15 is 0 Å². The molecular formula is C19H20N4O2. The molecule has 1 N–H and O–H groups in total. The predicted molar refractivity (Wildman–Crippen MR) is 94.1 cm³/mol. The molecule has 0 radical (unpaired) electrons. The highest BCUT2D eigenvalue weighted by atomic mass is 16.6. The van der Waals surface area contributed by atoms with Crippen LogP contribution in [0.2, 0.25) is 0 Å². The van der Waals surface area contributed by atoms with Crippen molar-refractivity contribution in [1.82, 2.24) is 19.9 Å². The Balaban J connectivity index is 1.32. The number of aromatic nitrogens is 3. The summed E-state index contributed by atoms with van der Waals surface area (Å²) in [6.07, 6.45) is 3.26. The van der Waals surface area contributed by atoms with Gasteiger partial charge in [-0.25, -0.2) is 14.8 Å². The maximum atomic E-state index is 12.2. The molecule has 1 fully saturated rings. The zero-order valence-electron chi connectivity index (χ0n) is 13.9. The van der Waals surface area contributed by atoms with E-state index in [2.05, 4.69) is 15.0 Å². The van der Waals surface area contributed by atoms with E-state index in [4.69, 9.17) is 4.74 Å². The van der Waals surface area contributed by atoms with Crippen LogP contribution in [0.3, 0.4) is 0 Å². The molecule has 1 aliphatic rings. The van der Waals surface area contributed by atoms with Gasteiger partial charge in [0.1, 0.15) is 12.4 Å². The van der Waals surface area contributed by atoms with Crippen LogP contribution in [-0.2, 0) is 11.3 Å². The largest absolute Gasteiger partial charge is 0.445 e. The molecule has 3 aromatic rings. The second kappa shape index (κ2) is 6.93. The molecule has 0 aliphatic carbocycles. The number of ether oxygens (including phenoxy) is 1. The number of carbonyl (C=O) groups is 1. The van der Waals surface area contributed by atoms with E-state index in [0.29, 0.717) is 25.6 Å². The number of carbonyl (C=O) groups excluding carboxylic acids is 1. The van der Waals surface area contributed by atoms with E-state index in [-0.39, 0.29) is 6.09 Å². The van der Waals surface area contributed by atoms with E-state index in [9.17, 15) is 4.79 Å². The third kappa shape index (κ3) is 3.47. The van der Waals surface area contributed by atoms with Crippen LogP contribution < -0.4 is 0 Å². The summed E-state index contributed by atoms with van der Waals surface area (Å²) in [4.78, 5) is 26.2. The topological polar surface area (TPSA) is 71.1 Å². The van der Waals surface area contributed by atoms with E-state index < -0.39 is 0 Å². The summed E-state index contributed by atoms with van der Waals surface area (Å²) in [6, 6.07) is 13.6. The molecule has 1 aliphatic heterocycles. The van der Waals surface area contributed by atoms with Crippen molar-refractivity contribution < 1.29 is 9.53 Å². The maximum absolute atomic E-state index is 12.2. The van der Waals surface area contributed by atoms with Crippen molar-refractivity contribution in [2.24, 2.45) is 0 Å². The Hall–Kier alpha value is -2.89. The smallest absolute Gasteiger partial charge is 0.410 e. The van der Waals surface area contributed by atoms with Crippen LogP contribution in [0.25, 0.3) is 11.2 Å². The van der Waals surface area contributed by atoms with Crippen molar-refractivity contribution >= 4 is 17.3 Å². The maximum Gasteiger partial charge on any atom is 0.410 e. The van der Waals surface area contributed by atoms with E-state index in [1.165, 1.54) is 0 Å². The van der Waals surface area contributed by atoms with Crippen LogP contribution >= 0.6 is 0 Å². The summed E-state index contributed by atoms with van der Waals surface area (Å²) in [6.45, 7) is 1.68. The second-order valence-electron chi connectivity index (χ2n) is 6.30. The minimum absolute atomic E-state index is 0.242. The number of benzene rings is 1. The van der Waals surface area contributed by atoms with Crippen LogP contribution in [0.5, 0.6) is 0 Å². The molecule has 0 saturated carbocycles. The van der Waals surface area contributed by atoms with E-state index in [1.54, 1.807) is 11.1 Å². The number of H-pyrrole nitrogens is 1. The Kier molecular flexibility index (Phi) is 4.33. The minimum atomic E-state index is -0.242. The Morgan fingerprint density at radius 1 is 1.16 bits per heavy atom. The van der Waals surface area contributed by atoms with Crippen molar-refractivity contribution in [2.75, 3.05) is 13.1 Å². The lowest BCUT2D eigenvalue weighted by Crippen LogP contribution is -2.38. The molecule has 0 atom stereocenters. The number of pyridine rings is 1. The van der Waals surface area contributed by atoms with Gasteiger partial charge in [0, 0.05) is 25.2 Å². The van der Waals surface area contributed by atoms with Gasteiger partial charge in [0.25, 0.3) is 0 Å². The average molecular weight is 336 g/mol. The fourth-order valence-electron chi connectivity index (χ4n) is 3.20. The lowest BCUT2D eigenvalue weighted by atomic mass is 9.96. The quantitative estimate of drug-likeness (QED) is 0.795. The molecule has 2 aromatic heterocycles. The van der Waals surface area contributed by atoms with Gasteiger partial charge in [-0.2, -0.15) is 0 Å². The molecule has 1 saturated heterocycles. The number of piperidine rings is 1. The van der Waals surface area contributed by atoms with Crippen LogP contribution in [0, 0.1) is 0 Å². The van der Waals surface area contributed by atoms with E-state index in [0.717, 1.165) is 35.4 Å². The summed E-state index contributed by atoms with van der Waals surface area (Å²) in [7, 11) is 0. The van der Waals surface area contributed by atoms with Crippen LogP contribution in [0.15, 0.2) is 48.7 Å². The Bertz CT molecular complexity index is 821. The summed E-state index contributed by atoms with van der Waals surface area (Å²) < 4.78 is 5.41. The molecule has 3 heterocycles. The lowest BCUT2D eigenvalue weighted by molar-refractivity contribution is 0.0867. The zero-order valence-corrected chi connectivity index (χ0v) is 13.9. The number of nitrogens with one attached hydrogen (secondary N) is 1. The number of hydrogen-bond acceptors (Lipinski definition) is 4. The number of rotatable bonds is 3. The molecule has 1 amide bonds. The molecule has 1 aromatic carbocycles. The molecule has 0 bridgehead atoms. The molecule has 4 rings (SSSR count). The number of hydrogen-bond donors (Lipinski definition) is 1. The predicted octanol–water partition coefficient (Wildman–Crippen LogP) is 3.47. The summed E-state index contributed by atoms with van der Waals surface area (Å²) >= 11 is 0. The van der Waals surface area contributed by atoms with Gasteiger partial charge in [0.2, 0.25) is 0 Å². The molecule has 0 spiro atoms. The summed E-state index contributed by atoms with van der Waals surface area (Å²) in [5, 5.41) is 0. The number of imidazole rings is 1. The first-order valence-electron chi connectivity index (χ1n) is 8.56. The van der Waals surface area contributed by atoms with Gasteiger partial charge in [0.05, 0.1) is 5.52 Å². The highest BCUT2D eigenvalue weighted by Gasteiger charge is 2.26. The van der Waals surface area contributed by atoms with Crippen LogP contribution in [0.4, 0.5) is 4.79 Å². The van der Waals surface area contributed by atoms with Gasteiger partial charge in [-0.3, -0.25) is 0 Å². The van der Waals surface area contributed by atoms with Crippen molar-refractivity contribution in [3.05, 3.63) is 60.0 Å². The fraction of sp³-hybridized carbons (Fsp3) is 0.316. The number of nitrogens with zero attached hydrogens (tertiary/aromatic N) is 3. The summed E-state index contributed by atoms with van der Waals surface area (Å²) in [5.41, 5.74) is 2.71. The molecule has 6 nitrogen and oxygen atoms in total. The van der Waals surface area contributed by atoms with Gasteiger partial charge in [-0.05, 0) is 30.5 Å². The van der Waals surface area contributed by atoms with Gasteiger partial charge in [-0.15, -0.1) is 0 Å². The SMILES string of the molecule is O=C(OCc1ccccc1)N1CCC(c2nc3ncccc3[nH]2)CC1. The average Bonchev–Trinajstić information content (AvgIpc) is 3.11. The third-order valence-electron chi connectivity index (χ3n) is 4.62. The van der Waals surface area contributed by atoms with Gasteiger partial charge < -0.3 is 14.6 Å². The molecule has 6 heteroatoms. The van der Waals surface area contributed by atoms with Gasteiger partial charge >= 0.3 is 6.09 Å². The first-order chi connectivity index (χ1) is 12.3. The monoisotopic (exact) mass is 336 g/mol. The molecule has 128 valence electrons. The van der Waals surface area contributed by atoms with Gasteiger partial charge in [-0.1, -0.05) is 30.3 Å². The first-order valence-corrected chi connectivity index (χ1v) is 8.56. The van der Waals surface area contributed by atoms with Crippen molar-refractivity contribution in [3.8, 4) is 0 Å². The van der Waals surface area contributed by atoms with Crippen LogP contribution in [0.1, 0.15) is 30.1 Å². The summed E-state index contributed by atoms with van der Waals surface area (Å²) in [5.74, 6) is 1.29. The van der Waals surface area contributed by atoms with Crippen LogP contribution in [-0.4, -0.2) is 39.0 Å². The first kappa shape index (κ1) is 15.6. The minimum Gasteiger partial charge on any atom is -0.445 e. The Labute approximate surface area is 145 Å². The normalized spacial score (nSPS) is 15.4. The molecular weight excluding hydrogens is 316 g/mol. The number of aromatic amines is 1. The van der Waals surface area contributed by atoms with E-state index in [1.807, 2.05) is 42.5 Å². The van der Waals surface area contributed by atoms with Crippen molar-refractivity contribution in [2.45, 2.75) is 25.4 Å². The third-order valence-corrected chi connectivity index (χ3v) is 4.62. The molecule has 0 unspecified atom stereocenters. The fourth-order valence-corrected chi connectivity index (χ4v) is 3.20. The lowest BCUT2D eigenvalue weighted by Gasteiger charge is -2.30. The standard InChI is InChI=1S/C19H20N4O2/c24-19(25-13-14-5-2-1-3-6-14)23-11-8-15(9-12-23)17-21-16-7-4-10-20-18(16)22-17/h1-7,10,15H,8-9,11-13H2,(H,20,21,22). The Morgan fingerprint density at radius 2 is 1.96 bits per heavy atom. The number of likely N-dealkylation sites (tertiary alicyclic amines) is 1. The highest BCUT2D eigenvalue weighted by molar-refractivity contribution is 5.70. The highest BCUT2D eigenvalue weighted by Crippen LogP contribution is 2.27. The second-order valence-corrected chi connectivity index (χ2v) is 6.30. The Morgan fingerprint density at radius 3 is 2.72 bits per heavy atom. The van der Waals surface area contributed by atoms with Gasteiger partial charge in [0.15, 0.2) is 5.65 Å². The molecule has 25 heavy (non-hydrogen) atoms. The van der Waals surface area contributed by atoms with Crippen molar-refractivity contribution in [1.29, 1.82) is 0 Å². The zero-order chi connectivity index (χ0) is 17.1. The number of fused-ring (bicyclic) bond motifs is 1. The van der Waals surface area contributed by atoms with Crippen molar-refractivity contribution in [3.63, 3.8) is 0 Å². The number of amides is 1.